The Morgan fingerprint density at radius 1 is 1.22 bits per heavy atom. The number of likely N-dealkylation sites (N-methyl/N-ethyl adjacent to an activating group) is 1. The van der Waals surface area contributed by atoms with E-state index in [1.807, 2.05) is 18.4 Å². The molecule has 0 amide bonds. The second-order valence-corrected chi connectivity index (χ2v) is 5.89. The Morgan fingerprint density at radius 3 is 2.67 bits per heavy atom. The number of rotatable bonds is 5. The number of nitrogens with one attached hydrogen (secondary N) is 1. The van der Waals surface area contributed by atoms with E-state index in [4.69, 9.17) is 0 Å². The molecule has 0 saturated carbocycles. The molecule has 1 heterocycles. The quantitative estimate of drug-likeness (QED) is 0.851. The molecule has 0 radical (unpaired) electrons. The fourth-order valence-corrected chi connectivity index (χ4v) is 3.25. The van der Waals surface area contributed by atoms with Gasteiger partial charge >= 0.3 is 0 Å². The third kappa shape index (κ3) is 3.21. The Morgan fingerprint density at radius 2 is 2.06 bits per heavy atom. The Labute approximate surface area is 114 Å². The fourth-order valence-electron chi connectivity index (χ4n) is 2.19. The molecule has 1 nitrogen and oxygen atoms in total. The van der Waals surface area contributed by atoms with Crippen molar-refractivity contribution in [3.8, 4) is 0 Å². The van der Waals surface area contributed by atoms with Crippen molar-refractivity contribution in [1.82, 2.24) is 5.32 Å². The normalized spacial score (nSPS) is 12.6. The molecule has 1 N–H and O–H groups in total. The molecule has 0 spiro atoms. The van der Waals surface area contributed by atoms with Crippen LogP contribution in [0.5, 0.6) is 0 Å². The van der Waals surface area contributed by atoms with E-state index in [-0.39, 0.29) is 0 Å². The van der Waals surface area contributed by atoms with Crippen LogP contribution < -0.4 is 5.32 Å². The van der Waals surface area contributed by atoms with E-state index in [0.29, 0.717) is 6.04 Å². The molecule has 2 aromatic rings. The second kappa shape index (κ2) is 6.17. The lowest BCUT2D eigenvalue weighted by Crippen LogP contribution is -2.17. The SMILES string of the molecule is CCc1ccc(C(Cc2cccc(C)c2)NC)s1. The fraction of sp³-hybridized carbons (Fsp3) is 0.375. The highest BCUT2D eigenvalue weighted by Gasteiger charge is 2.12. The summed E-state index contributed by atoms with van der Waals surface area (Å²) >= 11 is 1.93. The van der Waals surface area contributed by atoms with E-state index in [9.17, 15) is 0 Å². The summed E-state index contributed by atoms with van der Waals surface area (Å²) in [6.45, 7) is 4.36. The van der Waals surface area contributed by atoms with Crippen LogP contribution in [0.25, 0.3) is 0 Å². The summed E-state index contributed by atoms with van der Waals surface area (Å²) in [4.78, 5) is 2.91. The van der Waals surface area contributed by atoms with Gasteiger partial charge in [-0.2, -0.15) is 0 Å². The first-order valence-corrected chi connectivity index (χ1v) is 7.36. The summed E-state index contributed by atoms with van der Waals surface area (Å²) in [6.07, 6.45) is 2.19. The van der Waals surface area contributed by atoms with Gasteiger partial charge in [0.05, 0.1) is 0 Å². The summed E-state index contributed by atoms with van der Waals surface area (Å²) in [5.41, 5.74) is 2.74. The van der Waals surface area contributed by atoms with Gasteiger partial charge in [0, 0.05) is 15.8 Å². The van der Waals surface area contributed by atoms with Crippen LogP contribution >= 0.6 is 11.3 Å². The molecule has 1 atom stereocenters. The third-order valence-corrected chi connectivity index (χ3v) is 4.59. The monoisotopic (exact) mass is 259 g/mol. The van der Waals surface area contributed by atoms with Gasteiger partial charge in [-0.05, 0) is 44.5 Å². The molecule has 1 aromatic heterocycles. The molecule has 0 aliphatic rings. The molecule has 2 heteroatoms. The summed E-state index contributed by atoms with van der Waals surface area (Å²) in [5.74, 6) is 0. The highest BCUT2D eigenvalue weighted by atomic mass is 32.1. The summed E-state index contributed by atoms with van der Waals surface area (Å²) in [6, 6.07) is 13.7. The molecule has 0 bridgehead atoms. The molecule has 1 aromatic carbocycles. The van der Waals surface area contributed by atoms with Gasteiger partial charge in [-0.1, -0.05) is 36.8 Å². The largest absolute Gasteiger partial charge is 0.312 e. The van der Waals surface area contributed by atoms with Crippen molar-refractivity contribution >= 4 is 11.3 Å². The second-order valence-electron chi connectivity index (χ2n) is 4.69. The van der Waals surface area contributed by atoms with Gasteiger partial charge in [0.15, 0.2) is 0 Å². The summed E-state index contributed by atoms with van der Waals surface area (Å²) in [5, 5.41) is 3.43. The summed E-state index contributed by atoms with van der Waals surface area (Å²) < 4.78 is 0. The van der Waals surface area contributed by atoms with Crippen molar-refractivity contribution in [3.63, 3.8) is 0 Å². The minimum atomic E-state index is 0.428. The van der Waals surface area contributed by atoms with Gasteiger partial charge in [0.25, 0.3) is 0 Å². The predicted octanol–water partition coefficient (Wildman–Crippen LogP) is 4.12. The highest BCUT2D eigenvalue weighted by Crippen LogP contribution is 2.26. The van der Waals surface area contributed by atoms with Crippen LogP contribution in [0.2, 0.25) is 0 Å². The minimum absolute atomic E-state index is 0.428. The molecule has 2 rings (SSSR count). The van der Waals surface area contributed by atoms with Crippen molar-refractivity contribution in [2.45, 2.75) is 32.7 Å². The zero-order chi connectivity index (χ0) is 13.0. The van der Waals surface area contributed by atoms with Crippen LogP contribution in [0.4, 0.5) is 0 Å². The Balaban J connectivity index is 2.14. The van der Waals surface area contributed by atoms with E-state index >= 15 is 0 Å². The first kappa shape index (κ1) is 13.3. The lowest BCUT2D eigenvalue weighted by molar-refractivity contribution is 0.602. The molecule has 1 unspecified atom stereocenters. The molecule has 18 heavy (non-hydrogen) atoms. The molecule has 0 aliphatic heterocycles. The molecule has 96 valence electrons. The zero-order valence-electron chi connectivity index (χ0n) is 11.4. The van der Waals surface area contributed by atoms with Crippen molar-refractivity contribution in [2.24, 2.45) is 0 Å². The first-order chi connectivity index (χ1) is 8.72. The Hall–Kier alpha value is -1.12. The third-order valence-electron chi connectivity index (χ3n) is 3.25. The number of thiophene rings is 1. The van der Waals surface area contributed by atoms with E-state index < -0.39 is 0 Å². The van der Waals surface area contributed by atoms with Crippen molar-refractivity contribution < 1.29 is 0 Å². The van der Waals surface area contributed by atoms with Crippen LogP contribution in [-0.4, -0.2) is 7.05 Å². The highest BCUT2D eigenvalue weighted by molar-refractivity contribution is 7.12. The van der Waals surface area contributed by atoms with E-state index in [1.165, 1.54) is 20.9 Å². The van der Waals surface area contributed by atoms with Gasteiger partial charge < -0.3 is 5.32 Å². The van der Waals surface area contributed by atoms with E-state index in [0.717, 1.165) is 12.8 Å². The first-order valence-electron chi connectivity index (χ1n) is 6.54. The number of benzene rings is 1. The maximum absolute atomic E-state index is 3.43. The van der Waals surface area contributed by atoms with Crippen molar-refractivity contribution in [1.29, 1.82) is 0 Å². The summed E-state index contributed by atoms with van der Waals surface area (Å²) in [7, 11) is 2.05. The average Bonchev–Trinajstić information content (AvgIpc) is 2.84. The van der Waals surface area contributed by atoms with Crippen LogP contribution in [0.3, 0.4) is 0 Å². The van der Waals surface area contributed by atoms with Gasteiger partial charge in [0.2, 0.25) is 0 Å². The van der Waals surface area contributed by atoms with E-state index in [1.54, 1.807) is 0 Å². The Kier molecular flexibility index (Phi) is 4.56. The predicted molar refractivity (Wildman–Crippen MR) is 80.4 cm³/mol. The van der Waals surface area contributed by atoms with Crippen LogP contribution in [0.1, 0.15) is 33.8 Å². The Bertz CT molecular complexity index is 501. The number of hydrogen-bond donors (Lipinski definition) is 1. The molecule has 0 saturated heterocycles. The van der Waals surface area contributed by atoms with Crippen LogP contribution in [0.15, 0.2) is 36.4 Å². The lowest BCUT2D eigenvalue weighted by atomic mass is 10.0. The van der Waals surface area contributed by atoms with Gasteiger partial charge in [-0.15, -0.1) is 11.3 Å². The number of hydrogen-bond acceptors (Lipinski definition) is 2. The smallest absolute Gasteiger partial charge is 0.0453 e. The van der Waals surface area contributed by atoms with Crippen molar-refractivity contribution in [2.75, 3.05) is 7.05 Å². The molecular weight excluding hydrogens is 238 g/mol. The van der Waals surface area contributed by atoms with E-state index in [2.05, 4.69) is 55.6 Å². The number of aryl methyl sites for hydroxylation is 2. The van der Waals surface area contributed by atoms with Crippen LogP contribution in [-0.2, 0) is 12.8 Å². The molecular formula is C16H21NS. The van der Waals surface area contributed by atoms with Gasteiger partial charge in [-0.25, -0.2) is 0 Å². The van der Waals surface area contributed by atoms with Gasteiger partial charge in [-0.3, -0.25) is 0 Å². The lowest BCUT2D eigenvalue weighted by Gasteiger charge is -2.15. The molecule has 0 fully saturated rings. The zero-order valence-corrected chi connectivity index (χ0v) is 12.2. The van der Waals surface area contributed by atoms with Crippen molar-refractivity contribution in [3.05, 3.63) is 57.3 Å². The average molecular weight is 259 g/mol. The van der Waals surface area contributed by atoms with Gasteiger partial charge in [0.1, 0.15) is 0 Å². The maximum Gasteiger partial charge on any atom is 0.0453 e. The standard InChI is InChI=1S/C16H21NS/c1-4-14-8-9-16(18-14)15(17-3)11-13-7-5-6-12(2)10-13/h5-10,15,17H,4,11H2,1-3H3. The topological polar surface area (TPSA) is 12.0 Å². The minimum Gasteiger partial charge on any atom is -0.312 e. The molecule has 0 aliphatic carbocycles. The maximum atomic E-state index is 3.43. The van der Waals surface area contributed by atoms with Crippen LogP contribution in [0, 0.1) is 6.92 Å².